The number of rotatable bonds is 9. The predicted octanol–water partition coefficient (Wildman–Crippen LogP) is 5.45. The lowest BCUT2D eigenvalue weighted by molar-refractivity contribution is 0.0950. The molecule has 5 nitrogen and oxygen atoms in total. The van der Waals surface area contributed by atoms with E-state index in [2.05, 4.69) is 22.4 Å². The Morgan fingerprint density at radius 2 is 1.90 bits per heavy atom. The van der Waals surface area contributed by atoms with Crippen molar-refractivity contribution in [2.75, 3.05) is 6.61 Å². The summed E-state index contributed by atoms with van der Waals surface area (Å²) in [7, 11) is 0. The molecule has 0 aliphatic rings. The number of nitrogens with zero attached hydrogens (tertiary/aromatic N) is 2. The molecule has 1 N–H and O–H groups in total. The van der Waals surface area contributed by atoms with E-state index in [9.17, 15) is 4.79 Å². The number of benzene rings is 2. The Morgan fingerprint density at radius 3 is 2.62 bits per heavy atom. The second kappa shape index (κ2) is 10.5. The van der Waals surface area contributed by atoms with E-state index in [1.807, 2.05) is 61.5 Å². The van der Waals surface area contributed by atoms with Crippen molar-refractivity contribution in [2.45, 2.75) is 33.1 Å². The summed E-state index contributed by atoms with van der Waals surface area (Å²) < 4.78 is 5.69. The zero-order chi connectivity index (χ0) is 20.5. The molecule has 0 aliphatic heterocycles. The van der Waals surface area contributed by atoms with E-state index in [1.165, 1.54) is 24.2 Å². The third kappa shape index (κ3) is 5.99. The minimum Gasteiger partial charge on any atom is -0.494 e. The number of nitrogens with one attached hydrogen (secondary N) is 1. The van der Waals surface area contributed by atoms with Crippen molar-refractivity contribution in [1.29, 1.82) is 0 Å². The number of hydrogen-bond acceptors (Lipinski definition) is 5. The van der Waals surface area contributed by atoms with Crippen LogP contribution in [0.4, 0.5) is 0 Å². The molecule has 0 spiro atoms. The topological polar surface area (TPSA) is 63.6 Å². The second-order valence-corrected chi connectivity index (χ2v) is 7.82. The summed E-state index contributed by atoms with van der Waals surface area (Å²) in [5.74, 6) is 0.530. The van der Waals surface area contributed by atoms with Crippen molar-refractivity contribution in [1.82, 2.24) is 10.4 Å². The van der Waals surface area contributed by atoms with Gasteiger partial charge in [0, 0.05) is 10.4 Å². The van der Waals surface area contributed by atoms with E-state index in [-0.39, 0.29) is 5.91 Å². The van der Waals surface area contributed by atoms with Gasteiger partial charge < -0.3 is 4.74 Å². The smallest absolute Gasteiger partial charge is 0.291 e. The molecule has 29 heavy (non-hydrogen) atoms. The van der Waals surface area contributed by atoms with Gasteiger partial charge in [-0.2, -0.15) is 5.10 Å². The molecule has 3 aromatic rings. The van der Waals surface area contributed by atoms with Gasteiger partial charge >= 0.3 is 0 Å². The summed E-state index contributed by atoms with van der Waals surface area (Å²) >= 11 is 1.50. The van der Waals surface area contributed by atoms with Crippen LogP contribution < -0.4 is 10.2 Å². The number of carbonyl (C=O) groups excluding carboxylic acids is 1. The van der Waals surface area contributed by atoms with Gasteiger partial charge in [-0.3, -0.25) is 4.79 Å². The minimum absolute atomic E-state index is 0.312. The first-order valence-electron chi connectivity index (χ1n) is 9.76. The van der Waals surface area contributed by atoms with Crippen molar-refractivity contribution in [2.24, 2.45) is 5.10 Å². The summed E-state index contributed by atoms with van der Waals surface area (Å²) in [6, 6.07) is 17.5. The fourth-order valence-corrected chi connectivity index (χ4v) is 3.64. The van der Waals surface area contributed by atoms with Gasteiger partial charge in [-0.05, 0) is 43.2 Å². The Hall–Kier alpha value is -2.99. The molecule has 6 heteroatoms. The highest BCUT2D eigenvalue weighted by Crippen LogP contribution is 2.27. The highest BCUT2D eigenvalue weighted by atomic mass is 32.1. The van der Waals surface area contributed by atoms with Gasteiger partial charge in [0.1, 0.15) is 16.5 Å². The van der Waals surface area contributed by atoms with E-state index in [0.717, 1.165) is 39.8 Å². The van der Waals surface area contributed by atoms with Crippen molar-refractivity contribution < 1.29 is 9.53 Å². The lowest BCUT2D eigenvalue weighted by atomic mass is 10.2. The maximum absolute atomic E-state index is 12.4. The summed E-state index contributed by atoms with van der Waals surface area (Å²) in [6.45, 7) is 4.79. The zero-order valence-electron chi connectivity index (χ0n) is 16.7. The zero-order valence-corrected chi connectivity index (χ0v) is 17.5. The summed E-state index contributed by atoms with van der Waals surface area (Å²) in [4.78, 5) is 17.8. The molecular weight excluding hydrogens is 382 g/mol. The monoisotopic (exact) mass is 407 g/mol. The molecule has 0 atom stereocenters. The summed E-state index contributed by atoms with van der Waals surface area (Å²) in [5.41, 5.74) is 4.84. The summed E-state index contributed by atoms with van der Waals surface area (Å²) in [5, 5.41) is 4.88. The standard InChI is InChI=1S/C23H25N3O2S/c1-3-4-8-15-28-20-13-11-18(12-14-20)16-24-26-22(27)21-17(2)29-23(25-21)19-9-6-5-7-10-19/h5-7,9-14,16H,3-4,8,15H2,1-2H3,(H,26,27)/b24-16-. The molecule has 1 heterocycles. The second-order valence-electron chi connectivity index (χ2n) is 6.61. The highest BCUT2D eigenvalue weighted by molar-refractivity contribution is 7.15. The number of thiazole rings is 1. The Labute approximate surface area is 175 Å². The first-order valence-corrected chi connectivity index (χ1v) is 10.6. The number of hydrazone groups is 1. The maximum Gasteiger partial charge on any atom is 0.291 e. The summed E-state index contributed by atoms with van der Waals surface area (Å²) in [6.07, 6.45) is 5.03. The average molecular weight is 408 g/mol. The molecule has 150 valence electrons. The maximum atomic E-state index is 12.4. The molecule has 0 aliphatic carbocycles. The third-order valence-electron chi connectivity index (χ3n) is 4.31. The average Bonchev–Trinajstić information content (AvgIpc) is 3.15. The number of carbonyl (C=O) groups is 1. The molecule has 0 radical (unpaired) electrons. The largest absolute Gasteiger partial charge is 0.494 e. The van der Waals surface area contributed by atoms with Crippen LogP contribution in [0.5, 0.6) is 5.75 Å². The number of aryl methyl sites for hydroxylation is 1. The normalized spacial score (nSPS) is 11.0. The fourth-order valence-electron chi connectivity index (χ4n) is 2.72. The molecule has 1 amide bonds. The van der Waals surface area contributed by atoms with Gasteiger partial charge in [0.05, 0.1) is 12.8 Å². The van der Waals surface area contributed by atoms with E-state index in [1.54, 1.807) is 6.21 Å². The van der Waals surface area contributed by atoms with Crippen LogP contribution in [0.2, 0.25) is 0 Å². The third-order valence-corrected chi connectivity index (χ3v) is 5.33. The number of ether oxygens (including phenoxy) is 1. The van der Waals surface area contributed by atoms with Crippen LogP contribution in [0, 0.1) is 6.92 Å². The fraction of sp³-hybridized carbons (Fsp3) is 0.261. The Bertz CT molecular complexity index is 950. The molecule has 1 aromatic heterocycles. The van der Waals surface area contributed by atoms with Crippen LogP contribution in [0.1, 0.15) is 47.1 Å². The van der Waals surface area contributed by atoms with Crippen molar-refractivity contribution in [3.63, 3.8) is 0 Å². The first kappa shape index (κ1) is 20.7. The van der Waals surface area contributed by atoms with Gasteiger partial charge in [0.15, 0.2) is 0 Å². The van der Waals surface area contributed by atoms with Gasteiger partial charge in [0.2, 0.25) is 0 Å². The van der Waals surface area contributed by atoms with E-state index in [0.29, 0.717) is 5.69 Å². The van der Waals surface area contributed by atoms with E-state index >= 15 is 0 Å². The van der Waals surface area contributed by atoms with Crippen LogP contribution in [0.3, 0.4) is 0 Å². The molecular formula is C23H25N3O2S. The molecule has 0 saturated heterocycles. The Morgan fingerprint density at radius 1 is 1.14 bits per heavy atom. The number of aromatic nitrogens is 1. The number of amides is 1. The van der Waals surface area contributed by atoms with Crippen LogP contribution in [0.15, 0.2) is 59.7 Å². The number of unbranched alkanes of at least 4 members (excludes halogenated alkanes) is 2. The first-order chi connectivity index (χ1) is 14.2. The molecule has 2 aromatic carbocycles. The van der Waals surface area contributed by atoms with Gasteiger partial charge in [0.25, 0.3) is 5.91 Å². The minimum atomic E-state index is -0.312. The Balaban J connectivity index is 1.55. The lowest BCUT2D eigenvalue weighted by Gasteiger charge is -2.05. The van der Waals surface area contributed by atoms with E-state index in [4.69, 9.17) is 4.74 Å². The van der Waals surface area contributed by atoms with Gasteiger partial charge in [-0.15, -0.1) is 11.3 Å². The van der Waals surface area contributed by atoms with Crippen LogP contribution in [0.25, 0.3) is 10.6 Å². The molecule has 3 rings (SSSR count). The van der Waals surface area contributed by atoms with Crippen molar-refractivity contribution in [3.05, 3.63) is 70.7 Å². The van der Waals surface area contributed by atoms with Crippen LogP contribution in [-0.4, -0.2) is 23.7 Å². The highest BCUT2D eigenvalue weighted by Gasteiger charge is 2.15. The number of hydrogen-bond donors (Lipinski definition) is 1. The molecule has 0 bridgehead atoms. The molecule has 0 unspecified atom stereocenters. The molecule has 0 saturated carbocycles. The van der Waals surface area contributed by atoms with Crippen LogP contribution >= 0.6 is 11.3 Å². The van der Waals surface area contributed by atoms with E-state index < -0.39 is 0 Å². The van der Waals surface area contributed by atoms with Gasteiger partial charge in [-0.1, -0.05) is 50.1 Å². The van der Waals surface area contributed by atoms with Crippen molar-refractivity contribution >= 4 is 23.5 Å². The Kier molecular flexibility index (Phi) is 7.53. The quantitative estimate of drug-likeness (QED) is 0.291. The van der Waals surface area contributed by atoms with Crippen LogP contribution in [-0.2, 0) is 0 Å². The van der Waals surface area contributed by atoms with Gasteiger partial charge in [-0.25, -0.2) is 10.4 Å². The SMILES string of the molecule is CCCCCOc1ccc(/C=N\NC(=O)c2nc(-c3ccccc3)sc2C)cc1. The lowest BCUT2D eigenvalue weighted by Crippen LogP contribution is -2.18. The predicted molar refractivity (Wildman–Crippen MR) is 119 cm³/mol. The molecule has 0 fully saturated rings. The van der Waals surface area contributed by atoms with Crippen molar-refractivity contribution in [3.8, 4) is 16.3 Å².